The normalized spacial score (nSPS) is 16.6. The van der Waals surface area contributed by atoms with Crippen molar-refractivity contribution in [3.63, 3.8) is 0 Å². The van der Waals surface area contributed by atoms with E-state index in [9.17, 15) is 4.79 Å². The molecule has 0 bridgehead atoms. The van der Waals surface area contributed by atoms with Gasteiger partial charge in [-0.3, -0.25) is 4.79 Å². The Morgan fingerprint density at radius 3 is 2.52 bits per heavy atom. The molecule has 1 aromatic rings. The van der Waals surface area contributed by atoms with E-state index in [2.05, 4.69) is 20.8 Å². The maximum atomic E-state index is 12.2. The molecular formula is C18H29ClN2O2. The van der Waals surface area contributed by atoms with Crippen LogP contribution in [-0.2, 0) is 4.79 Å². The smallest absolute Gasteiger partial charge is 0.225 e. The van der Waals surface area contributed by atoms with Gasteiger partial charge in [0.05, 0.1) is 13.0 Å². The summed E-state index contributed by atoms with van der Waals surface area (Å²) in [6, 6.07) is 6.26. The van der Waals surface area contributed by atoms with Gasteiger partial charge in [-0.2, -0.15) is 0 Å². The van der Waals surface area contributed by atoms with Crippen molar-refractivity contribution in [3.8, 4) is 5.75 Å². The van der Waals surface area contributed by atoms with Crippen LogP contribution < -0.4 is 10.5 Å². The average Bonchev–Trinajstić information content (AvgIpc) is 2.51. The van der Waals surface area contributed by atoms with Crippen molar-refractivity contribution >= 4 is 18.3 Å². The van der Waals surface area contributed by atoms with Crippen molar-refractivity contribution in [1.82, 2.24) is 4.90 Å². The van der Waals surface area contributed by atoms with E-state index in [0.717, 1.165) is 31.7 Å². The molecule has 0 spiro atoms. The van der Waals surface area contributed by atoms with Crippen LogP contribution in [-0.4, -0.2) is 36.5 Å². The van der Waals surface area contributed by atoms with Gasteiger partial charge in [-0.05, 0) is 62.8 Å². The van der Waals surface area contributed by atoms with E-state index < -0.39 is 0 Å². The molecule has 2 N–H and O–H groups in total. The van der Waals surface area contributed by atoms with E-state index in [1.807, 2.05) is 23.1 Å². The van der Waals surface area contributed by atoms with Crippen LogP contribution in [0.2, 0.25) is 0 Å². The summed E-state index contributed by atoms with van der Waals surface area (Å²) < 4.78 is 5.70. The van der Waals surface area contributed by atoms with Crippen LogP contribution in [0.3, 0.4) is 0 Å². The van der Waals surface area contributed by atoms with E-state index in [-0.39, 0.29) is 24.4 Å². The Balaban J connectivity index is 0.00000264. The van der Waals surface area contributed by atoms with Gasteiger partial charge in [-0.15, -0.1) is 12.4 Å². The summed E-state index contributed by atoms with van der Waals surface area (Å²) in [5.41, 5.74) is 8.39. The van der Waals surface area contributed by atoms with Gasteiger partial charge in [0.15, 0.2) is 0 Å². The molecule has 0 aromatic heterocycles. The lowest BCUT2D eigenvalue weighted by Gasteiger charge is -2.33. The summed E-state index contributed by atoms with van der Waals surface area (Å²) in [6.45, 7) is 8.29. The standard InChI is InChI=1S/C18H28N2O2.ClH/c1-13-4-5-17(12-14(13)2)22-11-8-18(21)20-9-6-16(7-10-20)15(3)19;/h4-5,12,15-16H,6-11,19H2,1-3H3;1H. The molecule has 23 heavy (non-hydrogen) atoms. The number of benzene rings is 1. The number of hydrogen-bond donors (Lipinski definition) is 1. The van der Waals surface area contributed by atoms with E-state index >= 15 is 0 Å². The quantitative estimate of drug-likeness (QED) is 0.896. The van der Waals surface area contributed by atoms with Crippen LogP contribution in [0.25, 0.3) is 0 Å². The minimum absolute atomic E-state index is 0. The predicted molar refractivity (Wildman–Crippen MR) is 96.2 cm³/mol. The number of hydrogen-bond acceptors (Lipinski definition) is 3. The number of carbonyl (C=O) groups excluding carboxylic acids is 1. The Labute approximate surface area is 145 Å². The molecule has 1 aliphatic heterocycles. The SMILES string of the molecule is Cc1ccc(OCCC(=O)N2CCC(C(C)N)CC2)cc1C.Cl. The van der Waals surface area contributed by atoms with Crippen molar-refractivity contribution < 1.29 is 9.53 Å². The molecule has 1 heterocycles. The third kappa shape index (κ3) is 5.70. The molecule has 1 aromatic carbocycles. The van der Waals surface area contributed by atoms with Gasteiger partial charge in [-0.25, -0.2) is 0 Å². The molecule has 0 radical (unpaired) electrons. The highest BCUT2D eigenvalue weighted by molar-refractivity contribution is 5.85. The molecule has 4 nitrogen and oxygen atoms in total. The van der Waals surface area contributed by atoms with E-state index in [0.29, 0.717) is 18.9 Å². The topological polar surface area (TPSA) is 55.6 Å². The van der Waals surface area contributed by atoms with Crippen LogP contribution in [0, 0.1) is 19.8 Å². The molecule has 5 heteroatoms. The Bertz CT molecular complexity index is 512. The second-order valence-corrected chi connectivity index (χ2v) is 6.42. The van der Waals surface area contributed by atoms with Crippen molar-refractivity contribution in [3.05, 3.63) is 29.3 Å². The number of nitrogens with zero attached hydrogens (tertiary/aromatic N) is 1. The van der Waals surface area contributed by atoms with Crippen LogP contribution in [0.15, 0.2) is 18.2 Å². The molecule has 0 aliphatic carbocycles. The van der Waals surface area contributed by atoms with Crippen LogP contribution in [0.5, 0.6) is 5.75 Å². The lowest BCUT2D eigenvalue weighted by atomic mass is 9.91. The number of aryl methyl sites for hydroxylation is 2. The Kier molecular flexibility index (Phi) is 7.86. The summed E-state index contributed by atoms with van der Waals surface area (Å²) in [5.74, 6) is 1.58. The van der Waals surface area contributed by atoms with Gasteiger partial charge in [0.1, 0.15) is 5.75 Å². The fourth-order valence-corrected chi connectivity index (χ4v) is 2.89. The molecular weight excluding hydrogens is 312 g/mol. The molecule has 1 amide bonds. The minimum Gasteiger partial charge on any atom is -0.493 e. The zero-order chi connectivity index (χ0) is 16.1. The van der Waals surface area contributed by atoms with Crippen molar-refractivity contribution in [2.75, 3.05) is 19.7 Å². The van der Waals surface area contributed by atoms with Gasteiger partial charge in [0, 0.05) is 19.1 Å². The first-order valence-corrected chi connectivity index (χ1v) is 8.21. The zero-order valence-electron chi connectivity index (χ0n) is 14.4. The molecule has 1 fully saturated rings. The molecule has 1 aliphatic rings. The van der Waals surface area contributed by atoms with E-state index in [1.165, 1.54) is 11.1 Å². The summed E-state index contributed by atoms with van der Waals surface area (Å²) >= 11 is 0. The second kappa shape index (κ2) is 9.14. The number of amides is 1. The number of likely N-dealkylation sites (tertiary alicyclic amines) is 1. The van der Waals surface area contributed by atoms with Crippen molar-refractivity contribution in [1.29, 1.82) is 0 Å². The highest BCUT2D eigenvalue weighted by Gasteiger charge is 2.24. The molecule has 2 rings (SSSR count). The number of nitrogens with two attached hydrogens (primary N) is 1. The van der Waals surface area contributed by atoms with E-state index in [4.69, 9.17) is 10.5 Å². The second-order valence-electron chi connectivity index (χ2n) is 6.42. The van der Waals surface area contributed by atoms with Crippen molar-refractivity contribution in [2.24, 2.45) is 11.7 Å². The molecule has 1 atom stereocenters. The van der Waals surface area contributed by atoms with Crippen LogP contribution >= 0.6 is 12.4 Å². The van der Waals surface area contributed by atoms with E-state index in [1.54, 1.807) is 0 Å². The highest BCUT2D eigenvalue weighted by Crippen LogP contribution is 2.20. The number of carbonyl (C=O) groups is 1. The lowest BCUT2D eigenvalue weighted by molar-refractivity contribution is -0.133. The van der Waals surface area contributed by atoms with Crippen molar-refractivity contribution in [2.45, 2.75) is 46.1 Å². The molecule has 0 saturated carbocycles. The Morgan fingerprint density at radius 2 is 1.96 bits per heavy atom. The Morgan fingerprint density at radius 1 is 1.30 bits per heavy atom. The largest absolute Gasteiger partial charge is 0.493 e. The molecule has 1 unspecified atom stereocenters. The third-order valence-corrected chi connectivity index (χ3v) is 4.70. The fraction of sp³-hybridized carbons (Fsp3) is 0.611. The summed E-state index contributed by atoms with van der Waals surface area (Å²) in [4.78, 5) is 14.1. The van der Waals surface area contributed by atoms with Crippen LogP contribution in [0.4, 0.5) is 0 Å². The van der Waals surface area contributed by atoms with Gasteiger partial charge >= 0.3 is 0 Å². The number of ether oxygens (including phenoxy) is 1. The predicted octanol–water partition coefficient (Wildman–Crippen LogP) is 3.08. The van der Waals surface area contributed by atoms with Gasteiger partial charge in [0.2, 0.25) is 5.91 Å². The highest BCUT2D eigenvalue weighted by atomic mass is 35.5. The monoisotopic (exact) mass is 340 g/mol. The Hall–Kier alpha value is -1.26. The number of rotatable bonds is 5. The van der Waals surface area contributed by atoms with Crippen LogP contribution in [0.1, 0.15) is 37.3 Å². The minimum atomic E-state index is 0. The first-order valence-electron chi connectivity index (χ1n) is 8.21. The fourth-order valence-electron chi connectivity index (χ4n) is 2.89. The van der Waals surface area contributed by atoms with Gasteiger partial charge in [-0.1, -0.05) is 6.07 Å². The third-order valence-electron chi connectivity index (χ3n) is 4.70. The summed E-state index contributed by atoms with van der Waals surface area (Å²) in [6.07, 6.45) is 2.47. The first-order chi connectivity index (χ1) is 10.5. The maximum absolute atomic E-state index is 12.2. The zero-order valence-corrected chi connectivity index (χ0v) is 15.2. The number of piperidine rings is 1. The van der Waals surface area contributed by atoms with Gasteiger partial charge in [0.25, 0.3) is 0 Å². The lowest BCUT2D eigenvalue weighted by Crippen LogP contribution is -2.42. The number of halogens is 1. The summed E-state index contributed by atoms with van der Waals surface area (Å²) in [7, 11) is 0. The molecule has 130 valence electrons. The maximum Gasteiger partial charge on any atom is 0.225 e. The summed E-state index contributed by atoms with van der Waals surface area (Å²) in [5, 5.41) is 0. The van der Waals surface area contributed by atoms with Gasteiger partial charge < -0.3 is 15.4 Å². The molecule has 1 saturated heterocycles. The average molecular weight is 341 g/mol. The first kappa shape index (κ1) is 19.8.